The molecular formula is C14H15N3O2. The average Bonchev–Trinajstić information content (AvgIpc) is 2.39. The van der Waals surface area contributed by atoms with E-state index in [1.165, 1.54) is 0 Å². The SMILES string of the molecule is NC(=O)Nc1ccc(NCc2ccc(O)cc2)cc1. The van der Waals surface area contributed by atoms with Crippen LogP contribution in [-0.4, -0.2) is 11.1 Å². The van der Waals surface area contributed by atoms with Crippen molar-refractivity contribution in [1.29, 1.82) is 0 Å². The van der Waals surface area contributed by atoms with Gasteiger partial charge in [0.25, 0.3) is 0 Å². The Kier molecular flexibility index (Phi) is 3.87. The highest BCUT2D eigenvalue weighted by Gasteiger charge is 1.97. The number of carbonyl (C=O) groups is 1. The van der Waals surface area contributed by atoms with E-state index in [9.17, 15) is 9.90 Å². The molecule has 2 rings (SSSR count). The van der Waals surface area contributed by atoms with Gasteiger partial charge in [-0.05, 0) is 42.0 Å². The maximum atomic E-state index is 10.7. The Morgan fingerprint density at radius 3 is 2.16 bits per heavy atom. The van der Waals surface area contributed by atoms with Crippen LogP contribution in [0.2, 0.25) is 0 Å². The van der Waals surface area contributed by atoms with Crippen molar-refractivity contribution in [3.63, 3.8) is 0 Å². The van der Waals surface area contributed by atoms with Crippen molar-refractivity contribution < 1.29 is 9.90 Å². The number of anilines is 2. The summed E-state index contributed by atoms with van der Waals surface area (Å²) in [5.41, 5.74) is 7.68. The fourth-order valence-electron chi connectivity index (χ4n) is 1.63. The van der Waals surface area contributed by atoms with Crippen LogP contribution in [0.5, 0.6) is 5.75 Å². The molecule has 0 spiro atoms. The number of nitrogens with one attached hydrogen (secondary N) is 2. The van der Waals surface area contributed by atoms with E-state index >= 15 is 0 Å². The van der Waals surface area contributed by atoms with Crippen molar-refractivity contribution in [2.75, 3.05) is 10.6 Å². The molecule has 2 aromatic carbocycles. The van der Waals surface area contributed by atoms with E-state index in [1.54, 1.807) is 24.3 Å². The van der Waals surface area contributed by atoms with Crippen LogP contribution >= 0.6 is 0 Å². The Labute approximate surface area is 111 Å². The number of benzene rings is 2. The molecule has 5 nitrogen and oxygen atoms in total. The van der Waals surface area contributed by atoms with Crippen molar-refractivity contribution in [3.8, 4) is 5.75 Å². The molecule has 2 aromatic rings. The normalized spacial score (nSPS) is 9.89. The number of rotatable bonds is 4. The van der Waals surface area contributed by atoms with Crippen molar-refractivity contribution in [1.82, 2.24) is 0 Å². The first-order chi connectivity index (χ1) is 9.13. The van der Waals surface area contributed by atoms with Gasteiger partial charge in [0.1, 0.15) is 5.75 Å². The molecule has 5 N–H and O–H groups in total. The number of phenolic OH excluding ortho intramolecular Hbond substituents is 1. The number of carbonyl (C=O) groups excluding carboxylic acids is 1. The Bertz CT molecular complexity index is 550. The topological polar surface area (TPSA) is 87.4 Å². The van der Waals surface area contributed by atoms with Crippen molar-refractivity contribution in [2.24, 2.45) is 5.73 Å². The molecule has 0 aliphatic carbocycles. The second-order valence-electron chi connectivity index (χ2n) is 4.09. The summed E-state index contributed by atoms with van der Waals surface area (Å²) in [7, 11) is 0. The predicted octanol–water partition coefficient (Wildman–Crippen LogP) is 2.49. The van der Waals surface area contributed by atoms with E-state index in [4.69, 9.17) is 5.73 Å². The largest absolute Gasteiger partial charge is 0.508 e. The van der Waals surface area contributed by atoms with Gasteiger partial charge in [0.05, 0.1) is 0 Å². The summed E-state index contributed by atoms with van der Waals surface area (Å²) >= 11 is 0. The molecule has 0 unspecified atom stereocenters. The molecule has 0 aliphatic rings. The van der Waals surface area contributed by atoms with Gasteiger partial charge in [0.15, 0.2) is 0 Å². The molecule has 0 atom stereocenters. The zero-order valence-electron chi connectivity index (χ0n) is 10.3. The van der Waals surface area contributed by atoms with Crippen LogP contribution in [0.3, 0.4) is 0 Å². The number of phenols is 1. The molecular weight excluding hydrogens is 242 g/mol. The van der Waals surface area contributed by atoms with Gasteiger partial charge < -0.3 is 21.5 Å². The van der Waals surface area contributed by atoms with Gasteiger partial charge in [0.2, 0.25) is 0 Å². The smallest absolute Gasteiger partial charge is 0.316 e. The van der Waals surface area contributed by atoms with Crippen LogP contribution in [0.4, 0.5) is 16.2 Å². The molecule has 0 bridgehead atoms. The zero-order valence-corrected chi connectivity index (χ0v) is 10.3. The highest BCUT2D eigenvalue weighted by atomic mass is 16.3. The minimum absolute atomic E-state index is 0.255. The number of hydrogen-bond donors (Lipinski definition) is 4. The number of urea groups is 1. The molecule has 0 heterocycles. The summed E-state index contributed by atoms with van der Waals surface area (Å²) in [6.07, 6.45) is 0. The third-order valence-corrected chi connectivity index (χ3v) is 2.59. The minimum atomic E-state index is -0.579. The second kappa shape index (κ2) is 5.77. The van der Waals surface area contributed by atoms with E-state index < -0.39 is 6.03 Å². The number of primary amides is 1. The zero-order chi connectivity index (χ0) is 13.7. The second-order valence-corrected chi connectivity index (χ2v) is 4.09. The third kappa shape index (κ3) is 3.92. The monoisotopic (exact) mass is 257 g/mol. The van der Waals surface area contributed by atoms with Crippen molar-refractivity contribution >= 4 is 17.4 Å². The van der Waals surface area contributed by atoms with Crippen molar-refractivity contribution in [3.05, 3.63) is 54.1 Å². The minimum Gasteiger partial charge on any atom is -0.508 e. The van der Waals surface area contributed by atoms with Crippen LogP contribution in [0.1, 0.15) is 5.56 Å². The number of amides is 2. The predicted molar refractivity (Wildman–Crippen MR) is 75.1 cm³/mol. The molecule has 98 valence electrons. The summed E-state index contributed by atoms with van der Waals surface area (Å²) in [4.78, 5) is 10.7. The van der Waals surface area contributed by atoms with E-state index in [0.717, 1.165) is 11.3 Å². The van der Waals surface area contributed by atoms with E-state index in [0.29, 0.717) is 12.2 Å². The molecule has 0 saturated heterocycles. The highest BCUT2D eigenvalue weighted by Crippen LogP contribution is 2.15. The summed E-state index contributed by atoms with van der Waals surface area (Å²) in [5, 5.41) is 14.9. The van der Waals surface area contributed by atoms with E-state index in [-0.39, 0.29) is 5.75 Å². The fraction of sp³-hybridized carbons (Fsp3) is 0.0714. The van der Waals surface area contributed by atoms with Crippen LogP contribution in [-0.2, 0) is 6.54 Å². The Morgan fingerprint density at radius 1 is 1.00 bits per heavy atom. The molecule has 0 aromatic heterocycles. The Balaban J connectivity index is 1.92. The van der Waals surface area contributed by atoms with Gasteiger partial charge >= 0.3 is 6.03 Å². The first-order valence-electron chi connectivity index (χ1n) is 5.82. The summed E-state index contributed by atoms with van der Waals surface area (Å²) < 4.78 is 0. The fourth-order valence-corrected chi connectivity index (χ4v) is 1.63. The lowest BCUT2D eigenvalue weighted by molar-refractivity contribution is 0.259. The van der Waals surface area contributed by atoms with E-state index in [1.807, 2.05) is 24.3 Å². The van der Waals surface area contributed by atoms with Gasteiger partial charge in [-0.2, -0.15) is 0 Å². The van der Waals surface area contributed by atoms with Gasteiger partial charge in [0, 0.05) is 17.9 Å². The molecule has 0 saturated carbocycles. The summed E-state index contributed by atoms with van der Waals surface area (Å²) in [6.45, 7) is 0.656. The van der Waals surface area contributed by atoms with E-state index in [2.05, 4.69) is 10.6 Å². The van der Waals surface area contributed by atoms with Crippen LogP contribution in [0, 0.1) is 0 Å². The third-order valence-electron chi connectivity index (χ3n) is 2.59. The average molecular weight is 257 g/mol. The van der Waals surface area contributed by atoms with Crippen molar-refractivity contribution in [2.45, 2.75) is 6.54 Å². The lowest BCUT2D eigenvalue weighted by Crippen LogP contribution is -2.19. The van der Waals surface area contributed by atoms with Gasteiger partial charge in [-0.3, -0.25) is 0 Å². The van der Waals surface area contributed by atoms with Gasteiger partial charge in [-0.25, -0.2) is 4.79 Å². The molecule has 2 amide bonds. The van der Waals surface area contributed by atoms with Gasteiger partial charge in [-0.1, -0.05) is 12.1 Å². The first-order valence-corrected chi connectivity index (χ1v) is 5.82. The lowest BCUT2D eigenvalue weighted by atomic mass is 10.2. The lowest BCUT2D eigenvalue weighted by Gasteiger charge is -2.08. The first kappa shape index (κ1) is 12.8. The summed E-state index contributed by atoms with van der Waals surface area (Å²) in [5.74, 6) is 0.255. The maximum absolute atomic E-state index is 10.7. The molecule has 0 fully saturated rings. The van der Waals surface area contributed by atoms with Crippen LogP contribution in [0.15, 0.2) is 48.5 Å². The number of aromatic hydroxyl groups is 1. The molecule has 0 radical (unpaired) electrons. The molecule has 5 heteroatoms. The Hall–Kier alpha value is -2.69. The number of hydrogen-bond acceptors (Lipinski definition) is 3. The molecule has 0 aliphatic heterocycles. The van der Waals surface area contributed by atoms with Crippen LogP contribution in [0.25, 0.3) is 0 Å². The van der Waals surface area contributed by atoms with Gasteiger partial charge in [-0.15, -0.1) is 0 Å². The molecule has 19 heavy (non-hydrogen) atoms. The summed E-state index contributed by atoms with van der Waals surface area (Å²) in [6, 6.07) is 13.7. The maximum Gasteiger partial charge on any atom is 0.316 e. The number of nitrogens with two attached hydrogens (primary N) is 1. The highest BCUT2D eigenvalue weighted by molar-refractivity contribution is 5.87. The van der Waals surface area contributed by atoms with Crippen LogP contribution < -0.4 is 16.4 Å². The quantitative estimate of drug-likeness (QED) is 0.678. The Morgan fingerprint density at radius 2 is 1.58 bits per heavy atom. The standard InChI is InChI=1S/C14H15N3O2/c15-14(19)17-12-5-3-11(4-6-12)16-9-10-1-7-13(18)8-2-10/h1-8,16,18H,9H2,(H3,15,17,19).